The molecule has 7 nitrogen and oxygen atoms in total. The highest BCUT2D eigenvalue weighted by molar-refractivity contribution is 7.89. The minimum atomic E-state index is -3.89. The second-order valence-electron chi connectivity index (χ2n) is 7.16. The van der Waals surface area contributed by atoms with Crippen molar-refractivity contribution in [3.63, 3.8) is 0 Å². The predicted octanol–water partition coefficient (Wildman–Crippen LogP) is 3.32. The molecule has 8 heteroatoms. The second kappa shape index (κ2) is 9.93. The summed E-state index contributed by atoms with van der Waals surface area (Å²) in [7, 11) is -3.89. The number of nitrogens with one attached hydrogen (secondary N) is 1. The van der Waals surface area contributed by atoms with E-state index in [2.05, 4.69) is 5.32 Å². The van der Waals surface area contributed by atoms with Crippen molar-refractivity contribution in [2.45, 2.75) is 56.5 Å². The van der Waals surface area contributed by atoms with Crippen LogP contribution in [0.1, 0.15) is 44.8 Å². The highest BCUT2D eigenvalue weighted by Crippen LogP contribution is 2.22. The Bertz CT molecular complexity index is 872. The Hall–Kier alpha value is -2.32. The third-order valence-corrected chi connectivity index (χ3v) is 6.78. The zero-order valence-corrected chi connectivity index (χ0v) is 17.5. The van der Waals surface area contributed by atoms with Gasteiger partial charge in [0.15, 0.2) is 0 Å². The van der Waals surface area contributed by atoms with E-state index in [-0.39, 0.29) is 29.9 Å². The molecule has 158 valence electrons. The number of furan rings is 1. The molecule has 1 fully saturated rings. The van der Waals surface area contributed by atoms with E-state index in [0.29, 0.717) is 18.1 Å². The van der Waals surface area contributed by atoms with Crippen molar-refractivity contribution in [2.75, 3.05) is 13.2 Å². The molecule has 0 bridgehead atoms. The molecule has 2 aromatic rings. The van der Waals surface area contributed by atoms with Gasteiger partial charge in [0.1, 0.15) is 11.5 Å². The highest BCUT2D eigenvalue weighted by Gasteiger charge is 2.28. The molecule has 3 rings (SSSR count). The molecular weight excluding hydrogens is 392 g/mol. The number of hydrogen-bond donors (Lipinski definition) is 1. The Morgan fingerprint density at radius 1 is 1.17 bits per heavy atom. The Balaban J connectivity index is 1.76. The van der Waals surface area contributed by atoms with Crippen molar-refractivity contribution in [2.24, 2.45) is 0 Å². The average Bonchev–Trinajstić information content (AvgIpc) is 3.22. The van der Waals surface area contributed by atoms with Crippen LogP contribution in [0.5, 0.6) is 5.75 Å². The first-order chi connectivity index (χ1) is 14.0. The van der Waals surface area contributed by atoms with Crippen LogP contribution in [0.25, 0.3) is 0 Å². The SMILES string of the molecule is CCOc1ccc(S(=O)(=O)N(CC(=O)NC2CCCCC2)Cc2ccco2)cc1. The monoisotopic (exact) mass is 420 g/mol. The molecule has 0 spiro atoms. The first-order valence-corrected chi connectivity index (χ1v) is 11.5. The van der Waals surface area contributed by atoms with Crippen LogP contribution in [-0.4, -0.2) is 37.8 Å². The molecule has 0 radical (unpaired) electrons. The van der Waals surface area contributed by atoms with E-state index in [1.165, 1.54) is 24.8 Å². The van der Waals surface area contributed by atoms with E-state index >= 15 is 0 Å². The number of carbonyl (C=O) groups is 1. The molecule has 0 saturated heterocycles. The van der Waals surface area contributed by atoms with Gasteiger partial charge in [-0.05, 0) is 56.2 Å². The van der Waals surface area contributed by atoms with Gasteiger partial charge in [0.25, 0.3) is 0 Å². The van der Waals surface area contributed by atoms with Crippen LogP contribution in [-0.2, 0) is 21.4 Å². The minimum absolute atomic E-state index is 0.0133. The van der Waals surface area contributed by atoms with Crippen LogP contribution < -0.4 is 10.1 Å². The normalized spacial score (nSPS) is 15.4. The first-order valence-electron chi connectivity index (χ1n) is 10.0. The minimum Gasteiger partial charge on any atom is -0.494 e. The van der Waals surface area contributed by atoms with Gasteiger partial charge < -0.3 is 14.5 Å². The van der Waals surface area contributed by atoms with Crippen molar-refractivity contribution in [1.82, 2.24) is 9.62 Å². The van der Waals surface area contributed by atoms with E-state index in [1.54, 1.807) is 24.3 Å². The Labute approximate surface area is 172 Å². The van der Waals surface area contributed by atoms with E-state index in [4.69, 9.17) is 9.15 Å². The smallest absolute Gasteiger partial charge is 0.243 e. The maximum atomic E-state index is 13.2. The Morgan fingerprint density at radius 2 is 1.90 bits per heavy atom. The van der Waals surface area contributed by atoms with E-state index in [9.17, 15) is 13.2 Å². The highest BCUT2D eigenvalue weighted by atomic mass is 32.2. The summed E-state index contributed by atoms with van der Waals surface area (Å²) in [6.45, 7) is 2.09. The van der Waals surface area contributed by atoms with Gasteiger partial charge in [0, 0.05) is 6.04 Å². The number of hydrogen-bond acceptors (Lipinski definition) is 5. The van der Waals surface area contributed by atoms with Crippen molar-refractivity contribution >= 4 is 15.9 Å². The topological polar surface area (TPSA) is 88.9 Å². The third-order valence-electron chi connectivity index (χ3n) is 4.98. The van der Waals surface area contributed by atoms with Crippen LogP contribution in [0.4, 0.5) is 0 Å². The molecule has 0 atom stereocenters. The van der Waals surface area contributed by atoms with Gasteiger partial charge >= 0.3 is 0 Å². The zero-order chi connectivity index (χ0) is 20.7. The average molecular weight is 421 g/mol. The fraction of sp³-hybridized carbons (Fsp3) is 0.476. The van der Waals surface area contributed by atoms with Crippen molar-refractivity contribution in [3.05, 3.63) is 48.4 Å². The van der Waals surface area contributed by atoms with Gasteiger partial charge in [0.2, 0.25) is 15.9 Å². The summed E-state index contributed by atoms with van der Waals surface area (Å²) in [5.74, 6) is 0.780. The molecule has 1 saturated carbocycles. The van der Waals surface area contributed by atoms with Gasteiger partial charge in [-0.25, -0.2) is 8.42 Å². The molecule has 1 aliphatic carbocycles. The second-order valence-corrected chi connectivity index (χ2v) is 9.10. The first kappa shape index (κ1) is 21.4. The molecule has 1 heterocycles. The fourth-order valence-corrected chi connectivity index (χ4v) is 4.87. The largest absolute Gasteiger partial charge is 0.494 e. The number of amides is 1. The lowest BCUT2D eigenvalue weighted by atomic mass is 9.95. The fourth-order valence-electron chi connectivity index (χ4n) is 3.51. The summed E-state index contributed by atoms with van der Waals surface area (Å²) in [5, 5.41) is 2.98. The maximum Gasteiger partial charge on any atom is 0.243 e. The number of rotatable bonds is 9. The van der Waals surface area contributed by atoms with Crippen LogP contribution >= 0.6 is 0 Å². The number of ether oxygens (including phenoxy) is 1. The zero-order valence-electron chi connectivity index (χ0n) is 16.7. The summed E-state index contributed by atoms with van der Waals surface area (Å²) < 4.78 is 38.3. The van der Waals surface area contributed by atoms with E-state index < -0.39 is 10.0 Å². The van der Waals surface area contributed by atoms with E-state index in [1.807, 2.05) is 6.92 Å². The molecule has 29 heavy (non-hydrogen) atoms. The van der Waals surface area contributed by atoms with Gasteiger partial charge in [-0.15, -0.1) is 0 Å². The molecule has 1 N–H and O–H groups in total. The lowest BCUT2D eigenvalue weighted by molar-refractivity contribution is -0.122. The van der Waals surface area contributed by atoms with Crippen LogP contribution in [0.3, 0.4) is 0 Å². The summed E-state index contributed by atoms with van der Waals surface area (Å²) in [4.78, 5) is 12.7. The number of sulfonamides is 1. The van der Waals surface area contributed by atoms with Gasteiger partial charge in [-0.2, -0.15) is 4.31 Å². The molecule has 0 unspecified atom stereocenters. The molecule has 1 aliphatic rings. The maximum absolute atomic E-state index is 13.2. The molecule has 1 aromatic heterocycles. The molecule has 0 aliphatic heterocycles. The number of nitrogens with zero attached hydrogens (tertiary/aromatic N) is 1. The quantitative estimate of drug-likeness (QED) is 0.672. The summed E-state index contributed by atoms with van der Waals surface area (Å²) in [6.07, 6.45) is 6.73. The summed E-state index contributed by atoms with van der Waals surface area (Å²) >= 11 is 0. The number of carbonyl (C=O) groups excluding carboxylic acids is 1. The van der Waals surface area contributed by atoms with Gasteiger partial charge in [0.05, 0.1) is 30.9 Å². The van der Waals surface area contributed by atoms with Gasteiger partial charge in [-0.3, -0.25) is 4.79 Å². The lowest BCUT2D eigenvalue weighted by Crippen LogP contribution is -2.44. The Kier molecular flexibility index (Phi) is 7.33. The standard InChI is InChI=1S/C21H28N2O5S/c1-2-27-18-10-12-20(13-11-18)29(25,26)23(15-19-9-6-14-28-19)16-21(24)22-17-7-4-3-5-8-17/h6,9-14,17H,2-5,7-8,15-16H2,1H3,(H,22,24). The molecular formula is C21H28N2O5S. The van der Waals surface area contributed by atoms with Gasteiger partial charge in [-0.1, -0.05) is 19.3 Å². The van der Waals surface area contributed by atoms with Crippen LogP contribution in [0.2, 0.25) is 0 Å². The predicted molar refractivity (Wildman–Crippen MR) is 109 cm³/mol. The van der Waals surface area contributed by atoms with Crippen LogP contribution in [0, 0.1) is 0 Å². The third kappa shape index (κ3) is 5.83. The van der Waals surface area contributed by atoms with Crippen molar-refractivity contribution in [1.29, 1.82) is 0 Å². The summed E-state index contributed by atoms with van der Waals surface area (Å²) in [6, 6.07) is 9.73. The van der Waals surface area contributed by atoms with Crippen molar-refractivity contribution in [3.8, 4) is 5.75 Å². The number of benzene rings is 1. The van der Waals surface area contributed by atoms with E-state index in [0.717, 1.165) is 30.0 Å². The lowest BCUT2D eigenvalue weighted by Gasteiger charge is -2.25. The van der Waals surface area contributed by atoms with Crippen molar-refractivity contribution < 1.29 is 22.4 Å². The molecule has 1 aromatic carbocycles. The summed E-state index contributed by atoms with van der Waals surface area (Å²) in [5.41, 5.74) is 0. The molecule has 1 amide bonds. The Morgan fingerprint density at radius 3 is 2.52 bits per heavy atom. The van der Waals surface area contributed by atoms with Crippen LogP contribution in [0.15, 0.2) is 52.0 Å².